The molecule has 0 saturated heterocycles. The van der Waals surface area contributed by atoms with Gasteiger partial charge >= 0.3 is 0 Å². The van der Waals surface area contributed by atoms with Crippen molar-refractivity contribution in [2.24, 2.45) is 0 Å². The Morgan fingerprint density at radius 3 is 1.51 bits per heavy atom. The molecule has 0 rings (SSSR count). The first-order valence-corrected chi connectivity index (χ1v) is 17.3. The Hall–Kier alpha value is -1.30. The summed E-state index contributed by atoms with van der Waals surface area (Å²) >= 11 is 0. The fraction of sp³-hybridized carbons (Fsp3) is 0.939. The van der Waals surface area contributed by atoms with Crippen LogP contribution in [-0.2, 0) is 14.3 Å². The van der Waals surface area contributed by atoms with Crippen LogP contribution in [0.1, 0.15) is 142 Å². The van der Waals surface area contributed by atoms with E-state index in [1.54, 1.807) is 0 Å². The molecule has 4 atom stereocenters. The first-order valence-electron chi connectivity index (χ1n) is 17.3. The summed E-state index contributed by atoms with van der Waals surface area (Å²) in [5, 5.41) is 52.3. The van der Waals surface area contributed by atoms with Gasteiger partial charge in [-0.2, -0.15) is 0 Å². The molecular weight excluding hydrogens is 552 g/mol. The number of hydrogen-bond acceptors (Lipinski definition) is 8. The summed E-state index contributed by atoms with van der Waals surface area (Å²) < 4.78 is 5.78. The summed E-state index contributed by atoms with van der Waals surface area (Å²) in [5.74, 6) is -0.950. The van der Waals surface area contributed by atoms with Gasteiger partial charge in [0.05, 0.1) is 6.61 Å². The van der Waals surface area contributed by atoms with E-state index in [1.807, 2.05) is 0 Å². The van der Waals surface area contributed by atoms with Crippen LogP contribution in [0.25, 0.3) is 0 Å². The van der Waals surface area contributed by atoms with Gasteiger partial charge in [-0.15, -0.1) is 0 Å². The monoisotopic (exact) mass is 618 g/mol. The molecular formula is C33H66N2O8. The fourth-order valence-electron chi connectivity index (χ4n) is 4.92. The molecule has 7 N–H and O–H groups in total. The van der Waals surface area contributed by atoms with E-state index in [2.05, 4.69) is 17.6 Å². The number of nitrogens with one attached hydrogen (secondary N) is 2. The van der Waals surface area contributed by atoms with E-state index in [0.717, 1.165) is 51.7 Å². The third-order valence-electron chi connectivity index (χ3n) is 7.83. The van der Waals surface area contributed by atoms with Gasteiger partial charge in [0.25, 0.3) is 5.91 Å². The summed E-state index contributed by atoms with van der Waals surface area (Å²) in [4.78, 5) is 23.8. The van der Waals surface area contributed by atoms with E-state index in [4.69, 9.17) is 9.84 Å². The molecule has 0 aliphatic heterocycles. The molecule has 0 aromatic heterocycles. The number of aliphatic hydroxyl groups excluding tert-OH is 5. The Kier molecular flexibility index (Phi) is 29.8. The van der Waals surface area contributed by atoms with E-state index >= 15 is 0 Å². The van der Waals surface area contributed by atoms with Crippen molar-refractivity contribution in [3.8, 4) is 0 Å². The molecule has 2 amide bonds. The normalized spacial score (nSPS) is 14.3. The summed E-state index contributed by atoms with van der Waals surface area (Å²) in [6, 6.07) is 0. The number of ether oxygens (including phenoxy) is 1. The van der Waals surface area contributed by atoms with Crippen LogP contribution in [0.4, 0.5) is 0 Å². The van der Waals surface area contributed by atoms with Gasteiger partial charge in [0.1, 0.15) is 18.3 Å². The molecule has 256 valence electrons. The van der Waals surface area contributed by atoms with Crippen molar-refractivity contribution in [3.05, 3.63) is 0 Å². The lowest BCUT2D eigenvalue weighted by molar-refractivity contribution is -0.148. The lowest BCUT2D eigenvalue weighted by atomic mass is 10.0. The molecule has 0 bridgehead atoms. The molecule has 0 heterocycles. The molecule has 0 aliphatic rings. The standard InChI is InChI=1S/C33H66N2O8/c1-2-3-4-5-6-7-8-9-10-11-13-16-19-25-43-26-20-17-14-12-15-18-22-29(38)34-23-21-24-35-33(42)32(41)31(40)30(39)28(37)27-36/h28,30-32,36-37,39-41H,2-27H2,1H3,(H,34,38)(H,35,42)/t28-,30-,31+,32-/m1/s1. The summed E-state index contributed by atoms with van der Waals surface area (Å²) in [6.07, 6.45) is 17.6. The van der Waals surface area contributed by atoms with Gasteiger partial charge in [0, 0.05) is 32.7 Å². The van der Waals surface area contributed by atoms with Crippen molar-refractivity contribution >= 4 is 11.8 Å². The van der Waals surface area contributed by atoms with Crippen molar-refractivity contribution in [1.82, 2.24) is 10.6 Å². The molecule has 0 spiro atoms. The maximum Gasteiger partial charge on any atom is 0.251 e. The highest BCUT2D eigenvalue weighted by Gasteiger charge is 2.33. The predicted octanol–water partition coefficient (Wildman–Crippen LogP) is 3.88. The van der Waals surface area contributed by atoms with Crippen LogP contribution in [-0.4, -0.2) is 94.7 Å². The van der Waals surface area contributed by atoms with Gasteiger partial charge in [-0.1, -0.05) is 110 Å². The molecule has 10 heteroatoms. The highest BCUT2D eigenvalue weighted by molar-refractivity contribution is 5.81. The number of carbonyl (C=O) groups is 2. The zero-order valence-corrected chi connectivity index (χ0v) is 27.2. The Labute approximate surface area is 261 Å². The van der Waals surface area contributed by atoms with E-state index < -0.39 is 36.9 Å². The Balaban J connectivity index is 3.40. The van der Waals surface area contributed by atoms with Crippen molar-refractivity contribution in [1.29, 1.82) is 0 Å². The second-order valence-electron chi connectivity index (χ2n) is 11.9. The van der Waals surface area contributed by atoms with Crippen LogP contribution in [0.2, 0.25) is 0 Å². The van der Waals surface area contributed by atoms with Gasteiger partial charge in [-0.05, 0) is 25.7 Å². The van der Waals surface area contributed by atoms with E-state index in [0.29, 0.717) is 19.4 Å². The van der Waals surface area contributed by atoms with Crippen molar-refractivity contribution in [2.45, 2.75) is 166 Å². The molecule has 0 aromatic carbocycles. The molecule has 0 saturated carbocycles. The van der Waals surface area contributed by atoms with Gasteiger partial charge in [0.15, 0.2) is 6.10 Å². The van der Waals surface area contributed by atoms with Crippen LogP contribution < -0.4 is 10.6 Å². The zero-order chi connectivity index (χ0) is 32.0. The first-order chi connectivity index (χ1) is 20.8. The number of hydrogen-bond donors (Lipinski definition) is 7. The highest BCUT2D eigenvalue weighted by atomic mass is 16.5. The molecule has 0 aliphatic carbocycles. The minimum Gasteiger partial charge on any atom is -0.394 e. The average Bonchev–Trinajstić information content (AvgIpc) is 3.01. The third-order valence-corrected chi connectivity index (χ3v) is 7.83. The van der Waals surface area contributed by atoms with Gasteiger partial charge < -0.3 is 40.9 Å². The second kappa shape index (κ2) is 30.7. The van der Waals surface area contributed by atoms with E-state index in [9.17, 15) is 30.0 Å². The van der Waals surface area contributed by atoms with E-state index in [1.165, 1.54) is 83.5 Å². The van der Waals surface area contributed by atoms with Crippen molar-refractivity contribution in [3.63, 3.8) is 0 Å². The molecule has 0 fully saturated rings. The number of carbonyl (C=O) groups excluding carboxylic acids is 2. The molecule has 0 aromatic rings. The fourth-order valence-corrected chi connectivity index (χ4v) is 4.92. The van der Waals surface area contributed by atoms with Crippen LogP contribution in [0.15, 0.2) is 0 Å². The number of rotatable bonds is 32. The second-order valence-corrected chi connectivity index (χ2v) is 11.9. The number of amides is 2. The molecule has 10 nitrogen and oxygen atoms in total. The van der Waals surface area contributed by atoms with Gasteiger partial charge in [0.2, 0.25) is 5.91 Å². The highest BCUT2D eigenvalue weighted by Crippen LogP contribution is 2.13. The predicted molar refractivity (Wildman–Crippen MR) is 171 cm³/mol. The lowest BCUT2D eigenvalue weighted by Crippen LogP contribution is -2.51. The van der Waals surface area contributed by atoms with Crippen LogP contribution in [0.3, 0.4) is 0 Å². The van der Waals surface area contributed by atoms with Crippen LogP contribution in [0, 0.1) is 0 Å². The Morgan fingerprint density at radius 2 is 1.02 bits per heavy atom. The van der Waals surface area contributed by atoms with Crippen molar-refractivity contribution < 1.29 is 39.9 Å². The van der Waals surface area contributed by atoms with Gasteiger partial charge in [-0.25, -0.2) is 0 Å². The average molecular weight is 619 g/mol. The maximum atomic E-state index is 12.0. The zero-order valence-electron chi connectivity index (χ0n) is 27.2. The minimum atomic E-state index is -1.95. The SMILES string of the molecule is CCCCCCCCCCCCCCCOCCCCCCCCC(=O)NCCCNC(=O)[C@H](O)[C@@H](O)[C@H](O)[C@H](O)CO. The van der Waals surface area contributed by atoms with E-state index in [-0.39, 0.29) is 12.5 Å². The summed E-state index contributed by atoms with van der Waals surface area (Å²) in [6.45, 7) is 3.70. The smallest absolute Gasteiger partial charge is 0.251 e. The maximum absolute atomic E-state index is 12.0. The largest absolute Gasteiger partial charge is 0.394 e. The summed E-state index contributed by atoms with van der Waals surface area (Å²) in [7, 11) is 0. The summed E-state index contributed by atoms with van der Waals surface area (Å²) in [5.41, 5.74) is 0. The minimum absolute atomic E-state index is 0.0375. The quantitative estimate of drug-likeness (QED) is 0.0557. The Bertz CT molecular complexity index is 640. The van der Waals surface area contributed by atoms with Crippen LogP contribution in [0.5, 0.6) is 0 Å². The van der Waals surface area contributed by atoms with Crippen molar-refractivity contribution in [2.75, 3.05) is 32.9 Å². The lowest BCUT2D eigenvalue weighted by Gasteiger charge is -2.24. The topological polar surface area (TPSA) is 169 Å². The Morgan fingerprint density at radius 1 is 0.581 bits per heavy atom. The molecule has 43 heavy (non-hydrogen) atoms. The molecule has 0 unspecified atom stereocenters. The molecule has 0 radical (unpaired) electrons. The number of unbranched alkanes of at least 4 members (excludes halogenated alkanes) is 17. The first kappa shape index (κ1) is 41.7. The van der Waals surface area contributed by atoms with Crippen LogP contribution >= 0.6 is 0 Å². The third kappa shape index (κ3) is 25.7. The van der Waals surface area contributed by atoms with Gasteiger partial charge in [-0.3, -0.25) is 9.59 Å². The number of aliphatic hydroxyl groups is 5.